The summed E-state index contributed by atoms with van der Waals surface area (Å²) < 4.78 is 5.36. The number of carboxylic acids is 1. The van der Waals surface area contributed by atoms with Crippen molar-refractivity contribution < 1.29 is 14.6 Å². The number of hydrogen-bond donors (Lipinski definition) is 1. The Bertz CT molecular complexity index is 163. The van der Waals surface area contributed by atoms with Gasteiger partial charge in [0.15, 0.2) is 5.60 Å². The van der Waals surface area contributed by atoms with Gasteiger partial charge in [-0.3, -0.25) is 0 Å². The smallest absolute Gasteiger partial charge is 0.335 e. The zero-order chi connectivity index (χ0) is 9.94. The molecule has 12 heavy (non-hydrogen) atoms. The van der Waals surface area contributed by atoms with Crippen LogP contribution in [0.3, 0.4) is 0 Å². The average molecular weight is 174 g/mol. The highest BCUT2D eigenvalue weighted by Gasteiger charge is 2.38. The Morgan fingerprint density at radius 3 is 1.83 bits per heavy atom. The number of rotatable bonds is 4. The third kappa shape index (κ3) is 2.48. The quantitative estimate of drug-likeness (QED) is 0.708. The number of carbonyl (C=O) groups is 1. The van der Waals surface area contributed by atoms with E-state index in [4.69, 9.17) is 9.84 Å². The van der Waals surface area contributed by atoms with Crippen molar-refractivity contribution in [2.75, 3.05) is 0 Å². The Balaban J connectivity index is 4.51. The minimum absolute atomic E-state index is 0.0302. The maximum absolute atomic E-state index is 10.9. The first-order valence-corrected chi connectivity index (χ1v) is 4.22. The van der Waals surface area contributed by atoms with Gasteiger partial charge in [0.25, 0.3) is 0 Å². The van der Waals surface area contributed by atoms with Gasteiger partial charge in [-0.05, 0) is 26.7 Å². The first-order chi connectivity index (χ1) is 5.30. The zero-order valence-corrected chi connectivity index (χ0v) is 8.42. The van der Waals surface area contributed by atoms with Crippen molar-refractivity contribution in [2.24, 2.45) is 5.92 Å². The predicted octanol–water partition coefficient (Wildman–Crippen LogP) is 1.91. The van der Waals surface area contributed by atoms with Crippen molar-refractivity contribution in [2.45, 2.75) is 46.3 Å². The van der Waals surface area contributed by atoms with Crippen LogP contribution in [0.25, 0.3) is 0 Å². The van der Waals surface area contributed by atoms with Crippen molar-refractivity contribution in [3.8, 4) is 0 Å². The molecule has 0 aliphatic rings. The van der Waals surface area contributed by atoms with Crippen LogP contribution in [0.15, 0.2) is 0 Å². The lowest BCUT2D eigenvalue weighted by atomic mass is 9.92. The molecular weight excluding hydrogens is 156 g/mol. The molecule has 72 valence electrons. The van der Waals surface area contributed by atoms with E-state index in [-0.39, 0.29) is 12.0 Å². The molecule has 1 atom stereocenters. The fraction of sp³-hybridized carbons (Fsp3) is 0.889. The van der Waals surface area contributed by atoms with Gasteiger partial charge in [0.2, 0.25) is 0 Å². The van der Waals surface area contributed by atoms with Gasteiger partial charge in [0.05, 0.1) is 6.10 Å². The third-order valence-electron chi connectivity index (χ3n) is 2.01. The van der Waals surface area contributed by atoms with E-state index < -0.39 is 11.6 Å². The van der Waals surface area contributed by atoms with Crippen molar-refractivity contribution >= 4 is 5.97 Å². The summed E-state index contributed by atoms with van der Waals surface area (Å²) in [5.74, 6) is -0.927. The summed E-state index contributed by atoms with van der Waals surface area (Å²) in [6.45, 7) is 8.97. The Morgan fingerprint density at radius 2 is 1.75 bits per heavy atom. The van der Waals surface area contributed by atoms with Gasteiger partial charge in [0, 0.05) is 0 Å². The molecule has 0 aromatic heterocycles. The fourth-order valence-corrected chi connectivity index (χ4v) is 0.923. The van der Waals surface area contributed by atoms with Crippen LogP contribution < -0.4 is 0 Å². The molecule has 0 spiro atoms. The lowest BCUT2D eigenvalue weighted by Gasteiger charge is -2.31. The summed E-state index contributed by atoms with van der Waals surface area (Å²) >= 11 is 0. The topological polar surface area (TPSA) is 46.5 Å². The standard InChI is InChI=1S/C9H18O3/c1-6(2)9(5,8(10)11)12-7(3)4/h6-7H,1-5H3,(H,10,11). The normalized spacial score (nSPS) is 16.6. The third-order valence-corrected chi connectivity index (χ3v) is 2.01. The van der Waals surface area contributed by atoms with Crippen molar-refractivity contribution in [1.82, 2.24) is 0 Å². The number of carboxylic acid groups (broad SMARTS) is 1. The summed E-state index contributed by atoms with van der Waals surface area (Å²) in [7, 11) is 0. The minimum Gasteiger partial charge on any atom is -0.479 e. The maximum atomic E-state index is 10.9. The molecule has 0 amide bonds. The highest BCUT2D eigenvalue weighted by Crippen LogP contribution is 2.23. The van der Waals surface area contributed by atoms with Gasteiger partial charge in [0.1, 0.15) is 0 Å². The van der Waals surface area contributed by atoms with E-state index in [1.807, 2.05) is 27.7 Å². The van der Waals surface area contributed by atoms with Crippen molar-refractivity contribution in [3.63, 3.8) is 0 Å². The van der Waals surface area contributed by atoms with E-state index in [0.717, 1.165) is 0 Å². The molecule has 3 nitrogen and oxygen atoms in total. The van der Waals surface area contributed by atoms with Gasteiger partial charge in [-0.15, -0.1) is 0 Å². The van der Waals surface area contributed by atoms with E-state index in [9.17, 15) is 4.79 Å². The van der Waals surface area contributed by atoms with E-state index in [0.29, 0.717) is 0 Å². The molecule has 0 rings (SSSR count). The van der Waals surface area contributed by atoms with E-state index >= 15 is 0 Å². The first-order valence-electron chi connectivity index (χ1n) is 4.22. The molecule has 1 N–H and O–H groups in total. The van der Waals surface area contributed by atoms with Crippen LogP contribution in [0.5, 0.6) is 0 Å². The van der Waals surface area contributed by atoms with E-state index in [2.05, 4.69) is 0 Å². The Labute approximate surface area is 73.7 Å². The molecule has 0 aromatic rings. The molecule has 0 fully saturated rings. The molecule has 0 aromatic carbocycles. The molecular formula is C9H18O3. The van der Waals surface area contributed by atoms with Gasteiger partial charge in [-0.1, -0.05) is 13.8 Å². The highest BCUT2D eigenvalue weighted by atomic mass is 16.5. The summed E-state index contributed by atoms with van der Waals surface area (Å²) in [6, 6.07) is 0. The van der Waals surface area contributed by atoms with E-state index in [1.54, 1.807) is 6.92 Å². The van der Waals surface area contributed by atoms with Crippen molar-refractivity contribution in [3.05, 3.63) is 0 Å². The van der Waals surface area contributed by atoms with Gasteiger partial charge in [-0.2, -0.15) is 0 Å². The molecule has 0 aliphatic carbocycles. The van der Waals surface area contributed by atoms with Crippen molar-refractivity contribution in [1.29, 1.82) is 0 Å². The van der Waals surface area contributed by atoms with Gasteiger partial charge >= 0.3 is 5.97 Å². The van der Waals surface area contributed by atoms with Crippen LogP contribution in [0.2, 0.25) is 0 Å². The molecule has 1 unspecified atom stereocenters. The number of hydrogen-bond acceptors (Lipinski definition) is 2. The lowest BCUT2D eigenvalue weighted by molar-refractivity contribution is -0.176. The van der Waals surface area contributed by atoms with Crippen LogP contribution in [0.4, 0.5) is 0 Å². The largest absolute Gasteiger partial charge is 0.479 e. The molecule has 3 heteroatoms. The highest BCUT2D eigenvalue weighted by molar-refractivity contribution is 5.77. The van der Waals surface area contributed by atoms with Crippen LogP contribution in [0, 0.1) is 5.92 Å². The summed E-state index contributed by atoms with van der Waals surface area (Å²) in [6.07, 6.45) is -0.0616. The molecule has 0 heterocycles. The SMILES string of the molecule is CC(C)OC(C)(C(=O)O)C(C)C. The Morgan fingerprint density at radius 1 is 1.33 bits per heavy atom. The number of aliphatic carboxylic acids is 1. The molecule has 0 radical (unpaired) electrons. The second-order valence-electron chi connectivity index (χ2n) is 3.73. The zero-order valence-electron chi connectivity index (χ0n) is 8.42. The van der Waals surface area contributed by atoms with Crippen LogP contribution >= 0.6 is 0 Å². The van der Waals surface area contributed by atoms with Crippen LogP contribution in [-0.2, 0) is 9.53 Å². The monoisotopic (exact) mass is 174 g/mol. The molecule has 0 bridgehead atoms. The van der Waals surface area contributed by atoms with E-state index in [1.165, 1.54) is 0 Å². The lowest BCUT2D eigenvalue weighted by Crippen LogP contribution is -2.45. The number of ether oxygens (including phenoxy) is 1. The summed E-state index contributed by atoms with van der Waals surface area (Å²) in [5, 5.41) is 8.93. The predicted molar refractivity (Wildman–Crippen MR) is 47.1 cm³/mol. The Kier molecular flexibility index (Phi) is 3.71. The molecule has 0 saturated carbocycles. The fourth-order valence-electron chi connectivity index (χ4n) is 0.923. The second-order valence-corrected chi connectivity index (χ2v) is 3.73. The maximum Gasteiger partial charge on any atom is 0.335 e. The molecule has 0 aliphatic heterocycles. The average Bonchev–Trinajstić information content (AvgIpc) is 1.84. The van der Waals surface area contributed by atoms with Gasteiger partial charge in [-0.25, -0.2) is 4.79 Å². The second kappa shape index (κ2) is 3.90. The summed E-state index contributed by atoms with van der Waals surface area (Å²) in [5.41, 5.74) is -1.06. The van der Waals surface area contributed by atoms with Crippen LogP contribution in [0.1, 0.15) is 34.6 Å². The molecule has 0 saturated heterocycles. The summed E-state index contributed by atoms with van der Waals surface area (Å²) in [4.78, 5) is 10.9. The van der Waals surface area contributed by atoms with Gasteiger partial charge < -0.3 is 9.84 Å². The minimum atomic E-state index is -1.06. The van der Waals surface area contributed by atoms with Crippen LogP contribution in [-0.4, -0.2) is 22.8 Å². The first kappa shape index (κ1) is 11.4. The Hall–Kier alpha value is -0.570.